The lowest BCUT2D eigenvalue weighted by Crippen LogP contribution is -2.23. The van der Waals surface area contributed by atoms with E-state index in [2.05, 4.69) is 0 Å². The van der Waals surface area contributed by atoms with E-state index in [9.17, 15) is 14.6 Å². The Hall–Kier alpha value is -1.13. The summed E-state index contributed by atoms with van der Waals surface area (Å²) < 4.78 is 13.5. The molecule has 0 saturated heterocycles. The lowest BCUT2D eigenvalue weighted by Gasteiger charge is -2.25. The fourth-order valence-corrected chi connectivity index (χ4v) is 1.85. The third-order valence-electron chi connectivity index (χ3n) is 3.05. The molecule has 0 aliphatic rings. The van der Waals surface area contributed by atoms with Gasteiger partial charge in [0.2, 0.25) is 0 Å². The molecule has 0 saturated carbocycles. The maximum atomic E-state index is 13.5. The number of rotatable bonds is 5. The van der Waals surface area contributed by atoms with Crippen molar-refractivity contribution in [1.82, 2.24) is 0 Å². The Bertz CT molecular complexity index is 405. The van der Waals surface area contributed by atoms with Gasteiger partial charge in [-0.3, -0.25) is 0 Å². The summed E-state index contributed by atoms with van der Waals surface area (Å²) in [5.74, 6) is -0.307. The van der Waals surface area contributed by atoms with Crippen molar-refractivity contribution in [2.45, 2.75) is 39.4 Å². The molecule has 0 aromatic heterocycles. The van der Waals surface area contributed by atoms with Gasteiger partial charge in [-0.15, -0.1) is 0 Å². The van der Waals surface area contributed by atoms with E-state index in [1.165, 1.54) is 6.07 Å². The van der Waals surface area contributed by atoms with Crippen LogP contribution >= 0.6 is 0 Å². The molecule has 2 N–H and O–H groups in total. The van der Waals surface area contributed by atoms with Gasteiger partial charge in [-0.25, -0.2) is 4.39 Å². The molecule has 0 heterocycles. The van der Waals surface area contributed by atoms with Gasteiger partial charge in [0.15, 0.2) is 0 Å². The number of hydrogen-bond donors (Lipinski definition) is 2. The van der Waals surface area contributed by atoms with E-state index in [0.717, 1.165) is 5.69 Å². The summed E-state index contributed by atoms with van der Waals surface area (Å²) in [5, 5.41) is 19.0. The maximum absolute atomic E-state index is 13.5. The van der Waals surface area contributed by atoms with Gasteiger partial charge in [0.25, 0.3) is 0 Å². The second kappa shape index (κ2) is 6.16. The van der Waals surface area contributed by atoms with Gasteiger partial charge in [-0.1, -0.05) is 0 Å². The molecular formula is C14H22FNO2. The van der Waals surface area contributed by atoms with Crippen LogP contribution in [0.3, 0.4) is 0 Å². The maximum Gasteiger partial charge on any atom is 0.126 e. The second-order valence-corrected chi connectivity index (χ2v) is 4.90. The van der Waals surface area contributed by atoms with E-state index in [1.807, 2.05) is 11.9 Å². The van der Waals surface area contributed by atoms with Crippen LogP contribution in [0.1, 0.15) is 37.5 Å². The fourth-order valence-electron chi connectivity index (χ4n) is 1.85. The largest absolute Gasteiger partial charge is 0.393 e. The molecule has 0 amide bonds. The van der Waals surface area contributed by atoms with Crippen LogP contribution in [0, 0.1) is 12.7 Å². The Kier molecular flexibility index (Phi) is 5.11. The van der Waals surface area contributed by atoms with Gasteiger partial charge in [-0.05, 0) is 44.9 Å². The highest BCUT2D eigenvalue weighted by Gasteiger charge is 2.15. The van der Waals surface area contributed by atoms with Gasteiger partial charge in [0.1, 0.15) is 5.82 Å². The average molecular weight is 255 g/mol. The highest BCUT2D eigenvalue weighted by Crippen LogP contribution is 2.28. The predicted molar refractivity (Wildman–Crippen MR) is 71.3 cm³/mol. The number of hydrogen-bond acceptors (Lipinski definition) is 3. The van der Waals surface area contributed by atoms with E-state index < -0.39 is 6.10 Å². The molecule has 0 bridgehead atoms. The van der Waals surface area contributed by atoms with Crippen molar-refractivity contribution >= 4 is 5.69 Å². The summed E-state index contributed by atoms with van der Waals surface area (Å²) in [4.78, 5) is 1.93. The van der Waals surface area contributed by atoms with E-state index in [1.54, 1.807) is 26.8 Å². The molecular weight excluding hydrogens is 233 g/mol. The Morgan fingerprint density at radius 3 is 2.39 bits per heavy atom. The third-order valence-corrected chi connectivity index (χ3v) is 3.05. The molecule has 0 aliphatic carbocycles. The summed E-state index contributed by atoms with van der Waals surface area (Å²) in [6, 6.07) is 3.12. The van der Waals surface area contributed by atoms with Crippen LogP contribution in [0.15, 0.2) is 12.1 Å². The molecule has 1 unspecified atom stereocenters. The normalized spacial score (nSPS) is 14.4. The smallest absolute Gasteiger partial charge is 0.126 e. The zero-order valence-electron chi connectivity index (χ0n) is 11.4. The van der Waals surface area contributed by atoms with Gasteiger partial charge in [0, 0.05) is 24.8 Å². The first kappa shape index (κ1) is 14.9. The summed E-state index contributed by atoms with van der Waals surface area (Å²) in [5.41, 5.74) is 1.94. The van der Waals surface area contributed by atoms with E-state index >= 15 is 0 Å². The predicted octanol–water partition coefficient (Wildman–Crippen LogP) is 2.39. The Balaban J connectivity index is 3.02. The Morgan fingerprint density at radius 2 is 1.89 bits per heavy atom. The van der Waals surface area contributed by atoms with E-state index in [-0.39, 0.29) is 11.9 Å². The molecule has 3 nitrogen and oxygen atoms in total. The van der Waals surface area contributed by atoms with Crippen molar-refractivity contribution in [2.24, 2.45) is 0 Å². The first-order valence-corrected chi connectivity index (χ1v) is 6.20. The molecule has 0 radical (unpaired) electrons. The van der Waals surface area contributed by atoms with Crippen LogP contribution in [0.2, 0.25) is 0 Å². The molecule has 1 aromatic carbocycles. The van der Waals surface area contributed by atoms with E-state index in [4.69, 9.17) is 0 Å². The summed E-state index contributed by atoms with van der Waals surface area (Å²) >= 11 is 0. The van der Waals surface area contributed by atoms with Gasteiger partial charge >= 0.3 is 0 Å². The lowest BCUT2D eigenvalue weighted by atomic mass is 10.0. The number of aliphatic hydroxyl groups is 2. The summed E-state index contributed by atoms with van der Waals surface area (Å²) in [6.07, 6.45) is -0.459. The minimum Gasteiger partial charge on any atom is -0.393 e. The molecule has 18 heavy (non-hydrogen) atoms. The number of anilines is 1. The molecule has 1 rings (SSSR count). The van der Waals surface area contributed by atoms with Crippen molar-refractivity contribution in [2.75, 3.05) is 18.5 Å². The lowest BCUT2D eigenvalue weighted by molar-refractivity contribution is 0.186. The van der Waals surface area contributed by atoms with Gasteiger partial charge < -0.3 is 15.1 Å². The zero-order valence-corrected chi connectivity index (χ0v) is 11.4. The molecule has 0 fully saturated rings. The van der Waals surface area contributed by atoms with Crippen molar-refractivity contribution in [1.29, 1.82) is 0 Å². The third kappa shape index (κ3) is 3.68. The van der Waals surface area contributed by atoms with Crippen LogP contribution in [0.5, 0.6) is 0 Å². The van der Waals surface area contributed by atoms with Crippen LogP contribution in [-0.4, -0.2) is 29.9 Å². The van der Waals surface area contributed by atoms with E-state index in [0.29, 0.717) is 24.1 Å². The Labute approximate surface area is 108 Å². The fraction of sp³-hybridized carbons (Fsp3) is 0.571. The van der Waals surface area contributed by atoms with Crippen LogP contribution in [-0.2, 0) is 0 Å². The SMILES string of the molecule is Cc1cc(N(C)CCC(C)O)c([C@H](C)O)cc1F. The molecule has 102 valence electrons. The van der Waals surface area contributed by atoms with Crippen molar-refractivity contribution < 1.29 is 14.6 Å². The molecule has 0 aliphatic heterocycles. The van der Waals surface area contributed by atoms with Crippen LogP contribution < -0.4 is 4.90 Å². The number of aryl methyl sites for hydroxylation is 1. The first-order chi connectivity index (χ1) is 8.32. The van der Waals surface area contributed by atoms with Crippen molar-refractivity contribution in [3.63, 3.8) is 0 Å². The molecule has 2 atom stereocenters. The van der Waals surface area contributed by atoms with Crippen molar-refractivity contribution in [3.8, 4) is 0 Å². The highest BCUT2D eigenvalue weighted by atomic mass is 19.1. The van der Waals surface area contributed by atoms with Crippen LogP contribution in [0.25, 0.3) is 0 Å². The Morgan fingerprint density at radius 1 is 1.28 bits per heavy atom. The topological polar surface area (TPSA) is 43.7 Å². The zero-order chi connectivity index (χ0) is 13.9. The number of benzene rings is 1. The van der Waals surface area contributed by atoms with Crippen molar-refractivity contribution in [3.05, 3.63) is 29.1 Å². The minimum absolute atomic E-state index is 0.307. The molecule has 4 heteroatoms. The first-order valence-electron chi connectivity index (χ1n) is 6.20. The van der Waals surface area contributed by atoms with Crippen LogP contribution in [0.4, 0.5) is 10.1 Å². The standard InChI is InChI=1S/C14H22FNO2/c1-9-7-14(16(4)6-5-10(2)17)12(11(3)18)8-13(9)15/h7-8,10-11,17-18H,5-6H2,1-4H3/t10?,11-/m0/s1. The molecule has 0 spiro atoms. The number of halogens is 1. The summed E-state index contributed by atoms with van der Waals surface area (Å²) in [6.45, 7) is 5.71. The quantitative estimate of drug-likeness (QED) is 0.849. The number of aliphatic hydroxyl groups excluding tert-OH is 2. The average Bonchev–Trinajstić information content (AvgIpc) is 2.28. The van der Waals surface area contributed by atoms with Gasteiger partial charge in [0.05, 0.1) is 12.2 Å². The molecule has 1 aromatic rings. The summed E-state index contributed by atoms with van der Waals surface area (Å²) in [7, 11) is 1.88. The second-order valence-electron chi connectivity index (χ2n) is 4.90. The highest BCUT2D eigenvalue weighted by molar-refractivity contribution is 5.56. The monoisotopic (exact) mass is 255 g/mol. The number of nitrogens with zero attached hydrogens (tertiary/aromatic N) is 1. The minimum atomic E-state index is -0.718. The van der Waals surface area contributed by atoms with Gasteiger partial charge in [-0.2, -0.15) is 0 Å².